The molecule has 2 aromatic carbocycles. The Kier molecular flexibility index (Phi) is 10.7. The van der Waals surface area contributed by atoms with E-state index in [1.165, 1.54) is 17.9 Å². The van der Waals surface area contributed by atoms with E-state index in [2.05, 4.69) is 90.3 Å². The van der Waals surface area contributed by atoms with Crippen LogP contribution >= 0.6 is 0 Å². The second-order valence-electron chi connectivity index (χ2n) is 17.4. The van der Waals surface area contributed by atoms with E-state index in [0.29, 0.717) is 11.5 Å². The van der Waals surface area contributed by atoms with Crippen molar-refractivity contribution in [3.63, 3.8) is 0 Å². The van der Waals surface area contributed by atoms with Gasteiger partial charge in [0.15, 0.2) is 5.96 Å². The summed E-state index contributed by atoms with van der Waals surface area (Å²) in [6.07, 6.45) is 10.8. The van der Waals surface area contributed by atoms with Gasteiger partial charge in [-0.1, -0.05) is 67.5 Å². The monoisotopic (exact) mass is 655 g/mol. The van der Waals surface area contributed by atoms with Crippen molar-refractivity contribution in [3.8, 4) is 11.5 Å². The average Bonchev–Trinajstić information content (AvgIpc) is 3.00. The van der Waals surface area contributed by atoms with E-state index >= 15 is 0 Å². The zero-order valence-electron chi connectivity index (χ0n) is 31.2. The van der Waals surface area contributed by atoms with Gasteiger partial charge < -0.3 is 20.0 Å². The van der Waals surface area contributed by atoms with E-state index in [-0.39, 0.29) is 28.3 Å². The van der Waals surface area contributed by atoms with Crippen molar-refractivity contribution in [2.24, 2.45) is 20.4 Å². The number of nitrogens with zero attached hydrogens (tertiary/aromatic N) is 5. The molecule has 2 unspecified atom stereocenters. The predicted molar refractivity (Wildman–Crippen MR) is 202 cm³/mol. The minimum absolute atomic E-state index is 0.00554. The molecule has 1 saturated heterocycles. The molecule has 0 aromatic heterocycles. The number of hydrogen-bond acceptors (Lipinski definition) is 7. The summed E-state index contributed by atoms with van der Waals surface area (Å²) in [5.41, 5.74) is 5.72. The van der Waals surface area contributed by atoms with Crippen molar-refractivity contribution in [2.75, 3.05) is 32.7 Å². The van der Waals surface area contributed by atoms with Gasteiger partial charge in [-0.2, -0.15) is 0 Å². The number of rotatable bonds is 8. The summed E-state index contributed by atoms with van der Waals surface area (Å²) in [5.74, 6) is 1.83. The maximum atomic E-state index is 11.4. The molecule has 2 heterocycles. The van der Waals surface area contributed by atoms with E-state index in [1.54, 1.807) is 0 Å². The number of phenols is 2. The fourth-order valence-corrected chi connectivity index (χ4v) is 7.52. The Bertz CT molecular complexity index is 1540. The van der Waals surface area contributed by atoms with Crippen molar-refractivity contribution >= 4 is 18.4 Å². The lowest BCUT2D eigenvalue weighted by molar-refractivity contribution is 0.203. The molecule has 1 saturated carbocycles. The van der Waals surface area contributed by atoms with E-state index < -0.39 is 0 Å². The summed E-state index contributed by atoms with van der Waals surface area (Å²) in [4.78, 5) is 19.9. The van der Waals surface area contributed by atoms with Gasteiger partial charge in [0.1, 0.15) is 11.5 Å². The van der Waals surface area contributed by atoms with E-state index in [1.807, 2.05) is 18.5 Å². The molecule has 0 bridgehead atoms. The number of guanidine groups is 1. The first-order chi connectivity index (χ1) is 22.5. The van der Waals surface area contributed by atoms with Crippen molar-refractivity contribution in [1.82, 2.24) is 9.80 Å². The first-order valence-electron chi connectivity index (χ1n) is 18.3. The molecule has 0 spiro atoms. The van der Waals surface area contributed by atoms with Crippen LogP contribution in [0.3, 0.4) is 0 Å². The van der Waals surface area contributed by atoms with Crippen LogP contribution in [0, 0.1) is 12.3 Å². The van der Waals surface area contributed by atoms with Gasteiger partial charge in [0, 0.05) is 61.8 Å². The molecule has 2 aliphatic heterocycles. The van der Waals surface area contributed by atoms with Gasteiger partial charge in [0.2, 0.25) is 0 Å². The Morgan fingerprint density at radius 1 is 0.875 bits per heavy atom. The minimum Gasteiger partial charge on any atom is -0.507 e. The molecule has 48 heavy (non-hydrogen) atoms. The van der Waals surface area contributed by atoms with Crippen LogP contribution in [0.2, 0.25) is 0 Å². The van der Waals surface area contributed by atoms with Crippen LogP contribution in [0.1, 0.15) is 127 Å². The standard InChI is InChI=1S/C41H61N5O2/c1-28-21-29(13-10-17-45-19-12-20-46-18-11-16-42-38(45)46)36(47)30(22-28)26-43-34-14-15-41(8,9)25-35(34)44-27-31-23-32(39(2,3)4)24-33(37(31)48)40(5,6)7/h21-24,26-27,34-35,47-48H,10-20,25H2,1-9H3. The van der Waals surface area contributed by atoms with Gasteiger partial charge in [0.25, 0.3) is 0 Å². The van der Waals surface area contributed by atoms with Crippen LogP contribution in [0.5, 0.6) is 11.5 Å². The van der Waals surface area contributed by atoms with Crippen LogP contribution in [-0.2, 0) is 17.3 Å². The summed E-state index contributed by atoms with van der Waals surface area (Å²) < 4.78 is 0. The lowest BCUT2D eigenvalue weighted by atomic mass is 9.73. The summed E-state index contributed by atoms with van der Waals surface area (Å²) in [6, 6.07) is 8.39. The third kappa shape index (κ3) is 8.62. The quantitative estimate of drug-likeness (QED) is 0.281. The molecule has 7 heteroatoms. The second-order valence-corrected chi connectivity index (χ2v) is 17.4. The molecular weight excluding hydrogens is 594 g/mol. The van der Waals surface area contributed by atoms with Crippen LogP contribution in [-0.4, -0.2) is 83.2 Å². The largest absolute Gasteiger partial charge is 0.507 e. The van der Waals surface area contributed by atoms with Gasteiger partial charge in [-0.15, -0.1) is 0 Å². The fourth-order valence-electron chi connectivity index (χ4n) is 7.52. The molecular formula is C41H61N5O2. The van der Waals surface area contributed by atoms with E-state index in [4.69, 9.17) is 15.0 Å². The Hall–Kier alpha value is -3.35. The Balaban J connectivity index is 1.34. The van der Waals surface area contributed by atoms with E-state index in [9.17, 15) is 10.2 Å². The number of fused-ring (bicyclic) bond motifs is 1. The molecule has 2 aromatic rings. The molecule has 2 fully saturated rings. The van der Waals surface area contributed by atoms with Gasteiger partial charge in [-0.25, -0.2) is 0 Å². The van der Waals surface area contributed by atoms with Crippen LogP contribution < -0.4 is 0 Å². The number of aliphatic imine (C=N–C) groups is 3. The summed E-state index contributed by atoms with van der Waals surface area (Å²) in [7, 11) is 0. The molecule has 2 N–H and O–H groups in total. The summed E-state index contributed by atoms with van der Waals surface area (Å²) in [5, 5.41) is 22.8. The lowest BCUT2D eigenvalue weighted by Gasteiger charge is -2.41. The van der Waals surface area contributed by atoms with E-state index in [0.717, 1.165) is 99.1 Å². The molecule has 2 atom stereocenters. The Morgan fingerprint density at radius 3 is 2.27 bits per heavy atom. The van der Waals surface area contributed by atoms with Crippen molar-refractivity contribution < 1.29 is 10.2 Å². The first-order valence-corrected chi connectivity index (χ1v) is 18.3. The highest BCUT2D eigenvalue weighted by Gasteiger charge is 2.34. The molecule has 3 aliphatic rings. The maximum absolute atomic E-state index is 11.4. The van der Waals surface area contributed by atoms with Crippen LogP contribution in [0.15, 0.2) is 39.2 Å². The maximum Gasteiger partial charge on any atom is 0.196 e. The van der Waals surface area contributed by atoms with Gasteiger partial charge in [0.05, 0.1) is 12.1 Å². The number of phenolic OH excluding ortho intramolecular Hbond substituents is 2. The lowest BCUT2D eigenvalue weighted by Crippen LogP contribution is -2.52. The summed E-state index contributed by atoms with van der Waals surface area (Å²) >= 11 is 0. The minimum atomic E-state index is -0.193. The zero-order chi connectivity index (χ0) is 34.9. The molecule has 0 radical (unpaired) electrons. The van der Waals surface area contributed by atoms with Crippen molar-refractivity contribution in [3.05, 3.63) is 57.6 Å². The smallest absolute Gasteiger partial charge is 0.196 e. The third-order valence-corrected chi connectivity index (χ3v) is 10.4. The SMILES string of the molecule is Cc1cc(C=NC2CCC(C)(C)CC2N=Cc2cc(C(C)(C)C)cc(C(C)(C)C)c2O)c(O)c(CCCN2CCCN3CCCN=C32)c1. The normalized spacial score (nSPS) is 22.0. The zero-order valence-corrected chi connectivity index (χ0v) is 31.2. The van der Waals surface area contributed by atoms with Crippen molar-refractivity contribution in [2.45, 2.75) is 130 Å². The van der Waals surface area contributed by atoms with Gasteiger partial charge in [-0.05, 0) is 96.9 Å². The predicted octanol–water partition coefficient (Wildman–Crippen LogP) is 8.19. The van der Waals surface area contributed by atoms with Gasteiger partial charge >= 0.3 is 0 Å². The first kappa shape index (κ1) is 35.9. The number of hydrogen-bond donors (Lipinski definition) is 2. The highest BCUT2D eigenvalue weighted by molar-refractivity contribution is 5.86. The molecule has 262 valence electrons. The molecule has 7 nitrogen and oxygen atoms in total. The highest BCUT2D eigenvalue weighted by Crippen LogP contribution is 2.40. The van der Waals surface area contributed by atoms with Gasteiger partial charge in [-0.3, -0.25) is 15.0 Å². The average molecular weight is 656 g/mol. The topological polar surface area (TPSA) is 84.0 Å². The Morgan fingerprint density at radius 2 is 1.56 bits per heavy atom. The third-order valence-electron chi connectivity index (χ3n) is 10.4. The second kappa shape index (κ2) is 14.2. The summed E-state index contributed by atoms with van der Waals surface area (Å²) in [6.45, 7) is 25.0. The molecule has 5 rings (SSSR count). The van der Waals surface area contributed by atoms with Crippen molar-refractivity contribution in [1.29, 1.82) is 0 Å². The molecule has 0 amide bonds. The van der Waals surface area contributed by atoms with Crippen LogP contribution in [0.4, 0.5) is 0 Å². The fraction of sp³-hybridized carbons (Fsp3) is 0.634. The number of benzene rings is 2. The highest BCUT2D eigenvalue weighted by atomic mass is 16.3. The number of aryl methyl sites for hydroxylation is 2. The van der Waals surface area contributed by atoms with Crippen LogP contribution in [0.25, 0.3) is 0 Å². The Labute approximate surface area is 290 Å². The number of aromatic hydroxyl groups is 2. The molecule has 1 aliphatic carbocycles.